The number of nitrogens with one attached hydrogen (secondary N) is 1. The van der Waals surface area contributed by atoms with Gasteiger partial charge in [-0.05, 0) is 12.3 Å². The molecule has 0 aromatic heterocycles. The first-order valence-electron chi connectivity index (χ1n) is 5.79. The molecule has 0 unspecified atom stereocenters. The van der Waals surface area contributed by atoms with Crippen LogP contribution < -0.4 is 10.1 Å². The summed E-state index contributed by atoms with van der Waals surface area (Å²) in [5.74, 6) is 1.36. The number of anilines is 1. The highest BCUT2D eigenvalue weighted by Gasteiger charge is 2.20. The van der Waals surface area contributed by atoms with E-state index >= 15 is 0 Å². The normalized spacial score (nSPS) is 14.4. The number of nitrogens with zero attached hydrogens (tertiary/aromatic N) is 1. The summed E-state index contributed by atoms with van der Waals surface area (Å²) < 4.78 is 5.55. The Morgan fingerprint density at radius 3 is 2.82 bits per heavy atom. The van der Waals surface area contributed by atoms with Crippen molar-refractivity contribution in [3.63, 3.8) is 0 Å². The summed E-state index contributed by atoms with van der Waals surface area (Å²) in [6, 6.07) is 4.74. The van der Waals surface area contributed by atoms with Gasteiger partial charge >= 0.3 is 0 Å². The zero-order valence-corrected chi connectivity index (χ0v) is 9.81. The van der Waals surface area contributed by atoms with Crippen LogP contribution in [0.2, 0.25) is 0 Å². The van der Waals surface area contributed by atoms with Crippen LogP contribution in [-0.4, -0.2) is 18.6 Å². The molecule has 2 rings (SSSR count). The van der Waals surface area contributed by atoms with Gasteiger partial charge in [0.25, 0.3) is 5.69 Å². The minimum Gasteiger partial charge on any atom is -0.493 e. The highest BCUT2D eigenvalue weighted by Crippen LogP contribution is 2.32. The number of benzene rings is 1. The topological polar surface area (TPSA) is 64.4 Å². The number of hydrogen-bond acceptors (Lipinski definition) is 4. The summed E-state index contributed by atoms with van der Waals surface area (Å²) in [6.45, 7) is 0.634. The lowest BCUT2D eigenvalue weighted by Crippen LogP contribution is -2.00. The van der Waals surface area contributed by atoms with E-state index in [9.17, 15) is 10.1 Å². The summed E-state index contributed by atoms with van der Waals surface area (Å²) in [4.78, 5) is 10.3. The van der Waals surface area contributed by atoms with Crippen LogP contribution in [0.15, 0.2) is 18.2 Å². The molecule has 1 aromatic carbocycles. The van der Waals surface area contributed by atoms with Crippen LogP contribution in [-0.2, 0) is 0 Å². The van der Waals surface area contributed by atoms with Crippen molar-refractivity contribution < 1.29 is 9.66 Å². The Hall–Kier alpha value is -1.78. The lowest BCUT2D eigenvalue weighted by Gasteiger charge is -2.07. The molecule has 1 aromatic rings. The monoisotopic (exact) mass is 236 g/mol. The third kappa shape index (κ3) is 3.34. The summed E-state index contributed by atoms with van der Waals surface area (Å²) in [6.07, 6.45) is 3.62. The van der Waals surface area contributed by atoms with Gasteiger partial charge in [0.05, 0.1) is 17.6 Å². The fraction of sp³-hybridized carbons (Fsp3) is 0.500. The van der Waals surface area contributed by atoms with Crippen molar-refractivity contribution in [2.24, 2.45) is 5.92 Å². The first-order chi connectivity index (χ1) is 8.19. The molecule has 0 amide bonds. The quantitative estimate of drug-likeness (QED) is 0.609. The average Bonchev–Trinajstić information content (AvgIpc) is 3.12. The van der Waals surface area contributed by atoms with Crippen LogP contribution in [0, 0.1) is 16.0 Å². The van der Waals surface area contributed by atoms with Gasteiger partial charge in [-0.25, -0.2) is 0 Å². The smallest absolute Gasteiger partial charge is 0.275 e. The van der Waals surface area contributed by atoms with Crippen molar-refractivity contribution >= 4 is 11.4 Å². The first kappa shape index (κ1) is 11.7. The van der Waals surface area contributed by atoms with Crippen LogP contribution in [0.4, 0.5) is 11.4 Å². The van der Waals surface area contributed by atoms with Crippen LogP contribution >= 0.6 is 0 Å². The van der Waals surface area contributed by atoms with Gasteiger partial charge in [-0.1, -0.05) is 12.8 Å². The molecule has 1 fully saturated rings. The number of hydrogen-bond donors (Lipinski definition) is 1. The van der Waals surface area contributed by atoms with Crippen LogP contribution in [0.5, 0.6) is 5.75 Å². The lowest BCUT2D eigenvalue weighted by atomic mass is 10.2. The number of ether oxygens (including phenoxy) is 1. The molecule has 0 saturated heterocycles. The molecule has 17 heavy (non-hydrogen) atoms. The molecule has 1 saturated carbocycles. The van der Waals surface area contributed by atoms with Gasteiger partial charge in [-0.15, -0.1) is 0 Å². The van der Waals surface area contributed by atoms with Gasteiger partial charge in [0, 0.05) is 24.9 Å². The predicted octanol–water partition coefficient (Wildman–Crippen LogP) is 2.82. The van der Waals surface area contributed by atoms with Crippen molar-refractivity contribution in [1.82, 2.24) is 0 Å². The van der Waals surface area contributed by atoms with Gasteiger partial charge < -0.3 is 10.1 Å². The maximum absolute atomic E-state index is 10.7. The second-order valence-corrected chi connectivity index (χ2v) is 4.30. The Morgan fingerprint density at radius 1 is 1.47 bits per heavy atom. The zero-order valence-electron chi connectivity index (χ0n) is 9.81. The van der Waals surface area contributed by atoms with Crippen molar-refractivity contribution in [1.29, 1.82) is 0 Å². The molecule has 1 N–H and O–H groups in total. The third-order valence-corrected chi connectivity index (χ3v) is 2.88. The van der Waals surface area contributed by atoms with Gasteiger partial charge in [-0.2, -0.15) is 0 Å². The van der Waals surface area contributed by atoms with Gasteiger partial charge in [0.15, 0.2) is 0 Å². The van der Waals surface area contributed by atoms with Crippen molar-refractivity contribution in [2.75, 3.05) is 19.0 Å². The maximum atomic E-state index is 10.7. The predicted molar refractivity (Wildman–Crippen MR) is 65.5 cm³/mol. The maximum Gasteiger partial charge on any atom is 0.275 e. The van der Waals surface area contributed by atoms with Gasteiger partial charge in [-0.3, -0.25) is 10.1 Å². The molecule has 1 aliphatic carbocycles. The minimum atomic E-state index is -0.408. The molecule has 0 heterocycles. The number of nitro groups is 1. The Kier molecular flexibility index (Phi) is 3.46. The zero-order chi connectivity index (χ0) is 12.3. The molecule has 0 aliphatic heterocycles. The number of non-ortho nitro benzene ring substituents is 1. The van der Waals surface area contributed by atoms with E-state index in [0.29, 0.717) is 18.0 Å². The lowest BCUT2D eigenvalue weighted by molar-refractivity contribution is -0.384. The van der Waals surface area contributed by atoms with E-state index in [1.807, 2.05) is 0 Å². The van der Waals surface area contributed by atoms with E-state index in [-0.39, 0.29) is 5.69 Å². The van der Waals surface area contributed by atoms with Gasteiger partial charge in [0.2, 0.25) is 0 Å². The minimum absolute atomic E-state index is 0.0540. The summed E-state index contributed by atoms with van der Waals surface area (Å²) in [5.41, 5.74) is 0.749. The Balaban J connectivity index is 2.02. The molecule has 92 valence electrons. The van der Waals surface area contributed by atoms with Crippen molar-refractivity contribution in [3.05, 3.63) is 28.3 Å². The Labute approximate surface area is 99.9 Å². The molecule has 5 heteroatoms. The molecule has 0 bridgehead atoms. The van der Waals surface area contributed by atoms with Crippen LogP contribution in [0.3, 0.4) is 0 Å². The largest absolute Gasteiger partial charge is 0.493 e. The fourth-order valence-corrected chi connectivity index (χ4v) is 1.67. The third-order valence-electron chi connectivity index (χ3n) is 2.88. The fourth-order valence-electron chi connectivity index (χ4n) is 1.67. The van der Waals surface area contributed by atoms with E-state index < -0.39 is 4.92 Å². The van der Waals surface area contributed by atoms with Crippen LogP contribution in [0.25, 0.3) is 0 Å². The average molecular weight is 236 g/mol. The van der Waals surface area contributed by atoms with Crippen molar-refractivity contribution in [2.45, 2.75) is 19.3 Å². The molecule has 0 atom stereocenters. The van der Waals surface area contributed by atoms with E-state index in [1.165, 1.54) is 25.0 Å². The molecule has 1 aliphatic rings. The number of nitro benzene ring substituents is 1. The molecule has 0 spiro atoms. The summed E-state index contributed by atoms with van der Waals surface area (Å²) in [5, 5.41) is 13.6. The Bertz CT molecular complexity index is 416. The molecular weight excluding hydrogens is 220 g/mol. The van der Waals surface area contributed by atoms with Gasteiger partial charge in [0.1, 0.15) is 5.75 Å². The first-order valence-corrected chi connectivity index (χ1v) is 5.79. The number of rotatable bonds is 6. The highest BCUT2D eigenvalue weighted by atomic mass is 16.6. The molecule has 5 nitrogen and oxygen atoms in total. The second kappa shape index (κ2) is 5.03. The standard InChI is InChI=1S/C12H16N2O3/c1-13-10-6-11(14(15)16)8-12(7-10)17-5-4-9-2-3-9/h6-9,13H,2-5H2,1H3. The van der Waals surface area contributed by atoms with E-state index in [1.54, 1.807) is 13.1 Å². The summed E-state index contributed by atoms with van der Waals surface area (Å²) >= 11 is 0. The van der Waals surface area contributed by atoms with Crippen LogP contribution in [0.1, 0.15) is 19.3 Å². The van der Waals surface area contributed by atoms with E-state index in [0.717, 1.165) is 12.3 Å². The SMILES string of the molecule is CNc1cc(OCCC2CC2)cc([N+](=O)[O-])c1. The second-order valence-electron chi connectivity index (χ2n) is 4.30. The Morgan fingerprint density at radius 2 is 2.24 bits per heavy atom. The highest BCUT2D eigenvalue weighted by molar-refractivity contribution is 5.55. The summed E-state index contributed by atoms with van der Waals surface area (Å²) in [7, 11) is 1.73. The van der Waals surface area contributed by atoms with E-state index in [4.69, 9.17) is 4.74 Å². The molecule has 0 radical (unpaired) electrons. The molecular formula is C12H16N2O3. The van der Waals surface area contributed by atoms with E-state index in [2.05, 4.69) is 5.32 Å². The van der Waals surface area contributed by atoms with Crippen molar-refractivity contribution in [3.8, 4) is 5.75 Å².